The number of hydrogen-bond donors (Lipinski definition) is 1. The van der Waals surface area contributed by atoms with Gasteiger partial charge in [-0.15, -0.1) is 0 Å². The highest BCUT2D eigenvalue weighted by atomic mass is 16.4. The Bertz CT molecular complexity index is 472. The van der Waals surface area contributed by atoms with E-state index in [1.54, 1.807) is 17.0 Å². The number of carboxylic acids is 1. The van der Waals surface area contributed by atoms with Crippen molar-refractivity contribution in [3.63, 3.8) is 0 Å². The van der Waals surface area contributed by atoms with Crippen LogP contribution in [-0.4, -0.2) is 60.5 Å². The van der Waals surface area contributed by atoms with Crippen molar-refractivity contribution in [1.29, 1.82) is 0 Å². The molecule has 1 N–H and O–H groups in total. The molecule has 1 rings (SSSR count). The summed E-state index contributed by atoms with van der Waals surface area (Å²) in [6, 6.07) is 6.18. The fraction of sp³-hybridized carbons (Fsp3) is 0.467. The minimum atomic E-state index is -1.02. The first kappa shape index (κ1) is 16.2. The van der Waals surface area contributed by atoms with Crippen LogP contribution in [0.25, 0.3) is 0 Å². The minimum absolute atomic E-state index is 0.116. The van der Waals surface area contributed by atoms with Crippen molar-refractivity contribution < 1.29 is 14.7 Å². The van der Waals surface area contributed by atoms with Gasteiger partial charge in [0.15, 0.2) is 0 Å². The summed E-state index contributed by atoms with van der Waals surface area (Å²) in [5.74, 6) is -1.13. The number of benzene rings is 1. The Morgan fingerprint density at radius 3 is 2.35 bits per heavy atom. The molecule has 1 aromatic rings. The molecule has 0 atom stereocenters. The smallest absolute Gasteiger partial charge is 0.335 e. The number of nitrogens with zero attached hydrogens (tertiary/aromatic N) is 2. The number of hydrogen-bond acceptors (Lipinski definition) is 3. The zero-order valence-electron chi connectivity index (χ0n) is 12.3. The summed E-state index contributed by atoms with van der Waals surface area (Å²) in [7, 11) is 3.99. The van der Waals surface area contributed by atoms with E-state index in [0.717, 1.165) is 13.0 Å². The summed E-state index contributed by atoms with van der Waals surface area (Å²) < 4.78 is 0. The van der Waals surface area contributed by atoms with Gasteiger partial charge < -0.3 is 14.9 Å². The Balaban J connectivity index is 2.75. The van der Waals surface area contributed by atoms with Gasteiger partial charge in [-0.05, 0) is 52.2 Å². The van der Waals surface area contributed by atoms with E-state index in [4.69, 9.17) is 5.11 Å². The molecule has 110 valence electrons. The van der Waals surface area contributed by atoms with E-state index < -0.39 is 5.97 Å². The van der Waals surface area contributed by atoms with Crippen LogP contribution in [0.5, 0.6) is 0 Å². The molecule has 0 bridgehead atoms. The van der Waals surface area contributed by atoms with Crippen LogP contribution in [0.4, 0.5) is 0 Å². The van der Waals surface area contributed by atoms with E-state index in [1.807, 2.05) is 21.0 Å². The van der Waals surface area contributed by atoms with E-state index in [0.29, 0.717) is 18.7 Å². The van der Waals surface area contributed by atoms with Gasteiger partial charge in [0.1, 0.15) is 0 Å². The number of carbonyl (C=O) groups excluding carboxylic acids is 1. The molecule has 0 heterocycles. The van der Waals surface area contributed by atoms with Gasteiger partial charge in [-0.25, -0.2) is 4.79 Å². The average Bonchev–Trinajstić information content (AvgIpc) is 2.42. The molecular formula is C15H22N2O3. The topological polar surface area (TPSA) is 60.9 Å². The lowest BCUT2D eigenvalue weighted by molar-refractivity contribution is 0.0697. The van der Waals surface area contributed by atoms with Gasteiger partial charge >= 0.3 is 5.97 Å². The van der Waals surface area contributed by atoms with Crippen LogP contribution in [0.15, 0.2) is 24.3 Å². The summed E-state index contributed by atoms with van der Waals surface area (Å²) in [6.07, 6.45) is 0.894. The first-order valence-electron chi connectivity index (χ1n) is 6.73. The molecule has 20 heavy (non-hydrogen) atoms. The lowest BCUT2D eigenvalue weighted by Gasteiger charge is -2.22. The first-order chi connectivity index (χ1) is 9.45. The van der Waals surface area contributed by atoms with Gasteiger partial charge in [0.25, 0.3) is 5.91 Å². The Hall–Kier alpha value is -1.88. The molecule has 0 fully saturated rings. The molecule has 5 nitrogen and oxygen atoms in total. The normalized spacial score (nSPS) is 10.6. The molecule has 1 aromatic carbocycles. The Morgan fingerprint density at radius 2 is 1.80 bits per heavy atom. The summed E-state index contributed by atoms with van der Waals surface area (Å²) >= 11 is 0. The van der Waals surface area contributed by atoms with Crippen LogP contribution in [0, 0.1) is 0 Å². The highest BCUT2D eigenvalue weighted by molar-refractivity contribution is 5.97. The van der Waals surface area contributed by atoms with Crippen LogP contribution in [0.3, 0.4) is 0 Å². The van der Waals surface area contributed by atoms with E-state index >= 15 is 0 Å². The third-order valence-corrected chi connectivity index (χ3v) is 3.06. The third-order valence-electron chi connectivity index (χ3n) is 3.06. The van der Waals surface area contributed by atoms with Crippen LogP contribution in [0.1, 0.15) is 34.1 Å². The zero-order valence-corrected chi connectivity index (χ0v) is 12.3. The Morgan fingerprint density at radius 1 is 1.15 bits per heavy atom. The molecule has 0 aromatic heterocycles. The standard InChI is InChI=1S/C15H22N2O3/c1-4-17(10-6-9-16(2)3)14(18)12-7-5-8-13(11-12)15(19)20/h5,7-8,11H,4,6,9-10H2,1-3H3,(H,19,20). The number of amides is 1. The monoisotopic (exact) mass is 278 g/mol. The molecule has 0 radical (unpaired) electrons. The average molecular weight is 278 g/mol. The molecule has 0 aliphatic rings. The highest BCUT2D eigenvalue weighted by Gasteiger charge is 2.15. The second-order valence-electron chi connectivity index (χ2n) is 4.93. The van der Waals surface area contributed by atoms with E-state index in [2.05, 4.69) is 4.90 Å². The van der Waals surface area contributed by atoms with Crippen LogP contribution in [0.2, 0.25) is 0 Å². The van der Waals surface area contributed by atoms with Crippen molar-refractivity contribution in [2.45, 2.75) is 13.3 Å². The molecular weight excluding hydrogens is 256 g/mol. The van der Waals surface area contributed by atoms with E-state index in [9.17, 15) is 9.59 Å². The second kappa shape index (κ2) is 7.65. The summed E-state index contributed by atoms with van der Waals surface area (Å²) in [6.45, 7) is 4.13. The number of carboxylic acid groups (broad SMARTS) is 1. The molecule has 0 spiro atoms. The maximum absolute atomic E-state index is 12.3. The SMILES string of the molecule is CCN(CCCN(C)C)C(=O)c1cccc(C(=O)O)c1. The quantitative estimate of drug-likeness (QED) is 0.826. The van der Waals surface area contributed by atoms with Gasteiger partial charge in [-0.2, -0.15) is 0 Å². The molecule has 0 unspecified atom stereocenters. The van der Waals surface area contributed by atoms with Crippen LogP contribution in [-0.2, 0) is 0 Å². The maximum Gasteiger partial charge on any atom is 0.335 e. The summed E-state index contributed by atoms with van der Waals surface area (Å²) in [5.41, 5.74) is 0.566. The molecule has 0 aliphatic heterocycles. The molecule has 1 amide bonds. The summed E-state index contributed by atoms with van der Waals surface area (Å²) in [4.78, 5) is 27.1. The van der Waals surface area contributed by atoms with Gasteiger partial charge in [-0.1, -0.05) is 6.07 Å². The van der Waals surface area contributed by atoms with E-state index in [1.165, 1.54) is 12.1 Å². The van der Waals surface area contributed by atoms with Crippen molar-refractivity contribution in [3.8, 4) is 0 Å². The lowest BCUT2D eigenvalue weighted by Crippen LogP contribution is -2.33. The zero-order chi connectivity index (χ0) is 15.1. The predicted octanol–water partition coefficient (Wildman–Crippen LogP) is 1.80. The predicted molar refractivity (Wildman–Crippen MR) is 78.1 cm³/mol. The van der Waals surface area contributed by atoms with Crippen LogP contribution >= 0.6 is 0 Å². The van der Waals surface area contributed by atoms with Crippen molar-refractivity contribution in [2.24, 2.45) is 0 Å². The lowest BCUT2D eigenvalue weighted by atomic mass is 10.1. The first-order valence-corrected chi connectivity index (χ1v) is 6.73. The van der Waals surface area contributed by atoms with Crippen molar-refractivity contribution in [1.82, 2.24) is 9.80 Å². The van der Waals surface area contributed by atoms with E-state index in [-0.39, 0.29) is 11.5 Å². The fourth-order valence-corrected chi connectivity index (χ4v) is 1.95. The molecule has 0 saturated heterocycles. The highest BCUT2D eigenvalue weighted by Crippen LogP contribution is 2.09. The van der Waals surface area contributed by atoms with Crippen molar-refractivity contribution >= 4 is 11.9 Å². The fourth-order valence-electron chi connectivity index (χ4n) is 1.95. The van der Waals surface area contributed by atoms with Gasteiger partial charge in [0, 0.05) is 18.7 Å². The van der Waals surface area contributed by atoms with Gasteiger partial charge in [0.2, 0.25) is 0 Å². The van der Waals surface area contributed by atoms with Crippen molar-refractivity contribution in [3.05, 3.63) is 35.4 Å². The third kappa shape index (κ3) is 4.66. The minimum Gasteiger partial charge on any atom is -0.478 e. The van der Waals surface area contributed by atoms with Crippen LogP contribution < -0.4 is 0 Å². The summed E-state index contributed by atoms with van der Waals surface area (Å²) in [5, 5.41) is 8.96. The molecule has 5 heteroatoms. The second-order valence-corrected chi connectivity index (χ2v) is 4.93. The van der Waals surface area contributed by atoms with Gasteiger partial charge in [-0.3, -0.25) is 4.79 Å². The number of aromatic carboxylic acids is 1. The largest absolute Gasteiger partial charge is 0.478 e. The number of rotatable bonds is 7. The van der Waals surface area contributed by atoms with Crippen molar-refractivity contribution in [2.75, 3.05) is 33.7 Å². The number of carbonyl (C=O) groups is 2. The van der Waals surface area contributed by atoms with Gasteiger partial charge in [0.05, 0.1) is 5.56 Å². The Kier molecular flexibility index (Phi) is 6.18. The molecule has 0 aliphatic carbocycles. The Labute approximate surface area is 119 Å². The maximum atomic E-state index is 12.3. The molecule has 0 saturated carbocycles.